The van der Waals surface area contributed by atoms with Crippen molar-refractivity contribution in [2.75, 3.05) is 26.2 Å². The van der Waals surface area contributed by atoms with Gasteiger partial charge in [-0.1, -0.05) is 50.2 Å². The number of nitrogens with one attached hydrogen (secondary N) is 4. The molecule has 4 rings (SSSR count). The summed E-state index contributed by atoms with van der Waals surface area (Å²) in [6.07, 6.45) is 8.13. The van der Waals surface area contributed by atoms with Crippen LogP contribution < -0.4 is 16.0 Å². The number of nitrogens with zero attached hydrogens (tertiary/aromatic N) is 2. The van der Waals surface area contributed by atoms with Gasteiger partial charge in [-0.25, -0.2) is 0 Å². The molecule has 0 aliphatic carbocycles. The Morgan fingerprint density at radius 3 is 2.42 bits per heavy atom. The van der Waals surface area contributed by atoms with Gasteiger partial charge in [0.15, 0.2) is 0 Å². The van der Waals surface area contributed by atoms with Crippen LogP contribution in [0.5, 0.6) is 0 Å². The summed E-state index contributed by atoms with van der Waals surface area (Å²) < 4.78 is 0. The van der Waals surface area contributed by atoms with Crippen LogP contribution >= 0.6 is 0 Å². The highest BCUT2D eigenvalue weighted by atomic mass is 16.2. The van der Waals surface area contributed by atoms with Crippen molar-refractivity contribution in [3.63, 3.8) is 0 Å². The maximum atomic E-state index is 13.4. The van der Waals surface area contributed by atoms with Crippen molar-refractivity contribution in [1.82, 2.24) is 30.8 Å². The monoisotopic (exact) mass is 582 g/mol. The van der Waals surface area contributed by atoms with Gasteiger partial charge in [0.05, 0.1) is 5.69 Å². The standard InChI is InChI=1S/C35H46N6O2/c1-3-21-41(22-4-2)23-9-13-33(35(43)38-20-18-29-25-39-32-12-6-5-11-31(29)32)40-34(42)28-16-14-27(15-17-28)24-36-26-30-10-7-8-19-37-30/h5-8,10-12,14-17,19,25,33,36,39H,3-4,9,13,18,20-24,26H2,1-2H3,(H,38,43)(H,40,42)/t33-/m0/s1. The third kappa shape index (κ3) is 10.0. The highest BCUT2D eigenvalue weighted by Crippen LogP contribution is 2.17. The Morgan fingerprint density at radius 2 is 1.67 bits per heavy atom. The first kappa shape index (κ1) is 31.9. The van der Waals surface area contributed by atoms with Gasteiger partial charge in [-0.05, 0) is 93.2 Å². The van der Waals surface area contributed by atoms with Gasteiger partial charge in [0, 0.05) is 48.5 Å². The molecule has 8 heteroatoms. The number of rotatable bonds is 18. The van der Waals surface area contributed by atoms with E-state index in [0.717, 1.165) is 55.7 Å². The van der Waals surface area contributed by atoms with E-state index in [-0.39, 0.29) is 11.8 Å². The smallest absolute Gasteiger partial charge is 0.251 e. The Kier molecular flexibility index (Phi) is 12.8. The Labute approximate surface area is 255 Å². The second-order valence-corrected chi connectivity index (χ2v) is 11.0. The Bertz CT molecular complexity index is 1400. The number of amides is 2. The third-order valence-electron chi connectivity index (χ3n) is 7.61. The summed E-state index contributed by atoms with van der Waals surface area (Å²) in [5, 5.41) is 10.7. The van der Waals surface area contributed by atoms with Gasteiger partial charge in [-0.15, -0.1) is 0 Å². The van der Waals surface area contributed by atoms with E-state index < -0.39 is 6.04 Å². The van der Waals surface area contributed by atoms with Crippen LogP contribution in [0.1, 0.15) is 66.7 Å². The van der Waals surface area contributed by atoms with Crippen LogP contribution in [0.25, 0.3) is 10.9 Å². The summed E-state index contributed by atoms with van der Waals surface area (Å²) in [6.45, 7) is 9.24. The lowest BCUT2D eigenvalue weighted by Gasteiger charge is -2.23. The SMILES string of the molecule is CCCN(CCC)CCC[C@H](NC(=O)c1ccc(CNCc2ccccn2)cc1)C(=O)NCCc1c[nH]c2ccccc12. The minimum atomic E-state index is -0.597. The zero-order valence-electron chi connectivity index (χ0n) is 25.6. The fraction of sp³-hybridized carbons (Fsp3) is 0.400. The van der Waals surface area contributed by atoms with Crippen LogP contribution in [0.2, 0.25) is 0 Å². The summed E-state index contributed by atoms with van der Waals surface area (Å²) in [7, 11) is 0. The van der Waals surface area contributed by atoms with Gasteiger partial charge >= 0.3 is 0 Å². The molecular formula is C35H46N6O2. The first-order valence-electron chi connectivity index (χ1n) is 15.6. The second-order valence-electron chi connectivity index (χ2n) is 11.0. The van der Waals surface area contributed by atoms with Crippen molar-refractivity contribution in [2.24, 2.45) is 0 Å². The van der Waals surface area contributed by atoms with Crippen molar-refractivity contribution in [3.8, 4) is 0 Å². The van der Waals surface area contributed by atoms with E-state index >= 15 is 0 Å². The lowest BCUT2D eigenvalue weighted by Crippen LogP contribution is -2.47. The fourth-order valence-corrected chi connectivity index (χ4v) is 5.39. The molecule has 2 aromatic carbocycles. The number of H-pyrrole nitrogens is 1. The molecule has 0 aliphatic heterocycles. The molecule has 0 fully saturated rings. The molecule has 0 saturated heterocycles. The van der Waals surface area contributed by atoms with E-state index in [1.807, 2.05) is 60.8 Å². The number of carbonyl (C=O) groups is 2. The van der Waals surface area contributed by atoms with Crippen LogP contribution in [0.3, 0.4) is 0 Å². The number of para-hydroxylation sites is 1. The molecule has 2 amide bonds. The molecule has 2 heterocycles. The number of pyridine rings is 1. The Morgan fingerprint density at radius 1 is 0.907 bits per heavy atom. The molecule has 2 aromatic heterocycles. The highest BCUT2D eigenvalue weighted by molar-refractivity contribution is 5.97. The number of hydrogen-bond acceptors (Lipinski definition) is 5. The van der Waals surface area contributed by atoms with Gasteiger partial charge < -0.3 is 25.8 Å². The predicted molar refractivity (Wildman–Crippen MR) is 174 cm³/mol. The van der Waals surface area contributed by atoms with E-state index in [0.29, 0.717) is 38.0 Å². The minimum Gasteiger partial charge on any atom is -0.361 e. The van der Waals surface area contributed by atoms with Gasteiger partial charge in [0.1, 0.15) is 6.04 Å². The molecule has 43 heavy (non-hydrogen) atoms. The van der Waals surface area contributed by atoms with Crippen LogP contribution in [0.15, 0.2) is 79.1 Å². The fourth-order valence-electron chi connectivity index (χ4n) is 5.39. The molecule has 8 nitrogen and oxygen atoms in total. The topological polar surface area (TPSA) is 102 Å². The van der Waals surface area contributed by atoms with Gasteiger partial charge in [-0.2, -0.15) is 0 Å². The van der Waals surface area contributed by atoms with Crippen LogP contribution in [0, 0.1) is 0 Å². The van der Waals surface area contributed by atoms with Crippen molar-refractivity contribution in [2.45, 2.75) is 65.1 Å². The molecule has 0 aliphatic rings. The van der Waals surface area contributed by atoms with Crippen molar-refractivity contribution in [3.05, 3.63) is 102 Å². The third-order valence-corrected chi connectivity index (χ3v) is 7.61. The summed E-state index contributed by atoms with van der Waals surface area (Å²) in [5.41, 5.74) is 4.86. The number of aromatic nitrogens is 2. The largest absolute Gasteiger partial charge is 0.361 e. The van der Waals surface area contributed by atoms with E-state index in [1.54, 1.807) is 6.20 Å². The van der Waals surface area contributed by atoms with Gasteiger partial charge in [0.2, 0.25) is 5.91 Å². The number of carbonyl (C=O) groups excluding carboxylic acids is 2. The summed E-state index contributed by atoms with van der Waals surface area (Å²) in [4.78, 5) is 36.7. The van der Waals surface area contributed by atoms with Crippen molar-refractivity contribution < 1.29 is 9.59 Å². The Balaban J connectivity index is 1.33. The normalized spacial score (nSPS) is 12.0. The summed E-state index contributed by atoms with van der Waals surface area (Å²) >= 11 is 0. The molecule has 1 atom stereocenters. The molecule has 4 N–H and O–H groups in total. The average molecular weight is 583 g/mol. The molecule has 0 bridgehead atoms. The maximum absolute atomic E-state index is 13.4. The lowest BCUT2D eigenvalue weighted by atomic mass is 10.1. The number of benzene rings is 2. The van der Waals surface area contributed by atoms with Crippen LogP contribution in [-0.4, -0.2) is 58.9 Å². The van der Waals surface area contributed by atoms with Crippen molar-refractivity contribution in [1.29, 1.82) is 0 Å². The van der Waals surface area contributed by atoms with Crippen LogP contribution in [-0.2, 0) is 24.3 Å². The number of aromatic amines is 1. The highest BCUT2D eigenvalue weighted by Gasteiger charge is 2.21. The second kappa shape index (κ2) is 17.2. The van der Waals surface area contributed by atoms with Crippen LogP contribution in [0.4, 0.5) is 0 Å². The van der Waals surface area contributed by atoms with E-state index in [9.17, 15) is 9.59 Å². The van der Waals surface area contributed by atoms with Crippen molar-refractivity contribution >= 4 is 22.7 Å². The minimum absolute atomic E-state index is 0.138. The zero-order chi connectivity index (χ0) is 30.3. The molecule has 0 spiro atoms. The average Bonchev–Trinajstić information content (AvgIpc) is 3.44. The number of fused-ring (bicyclic) bond motifs is 1. The van der Waals surface area contributed by atoms with Gasteiger partial charge in [0.25, 0.3) is 5.91 Å². The summed E-state index contributed by atoms with van der Waals surface area (Å²) in [5.74, 6) is -0.371. The van der Waals surface area contributed by atoms with E-state index in [4.69, 9.17) is 0 Å². The molecule has 4 aromatic rings. The quantitative estimate of drug-likeness (QED) is 0.129. The van der Waals surface area contributed by atoms with E-state index in [1.165, 1.54) is 10.9 Å². The summed E-state index contributed by atoms with van der Waals surface area (Å²) in [6, 6.07) is 21.0. The molecule has 0 radical (unpaired) electrons. The first-order chi connectivity index (χ1) is 21.1. The van der Waals surface area contributed by atoms with Gasteiger partial charge in [-0.3, -0.25) is 14.6 Å². The molecule has 0 saturated carbocycles. The molecule has 0 unspecified atom stereocenters. The molecule has 228 valence electrons. The lowest BCUT2D eigenvalue weighted by molar-refractivity contribution is -0.123. The Hall–Kier alpha value is -4.01. The zero-order valence-corrected chi connectivity index (χ0v) is 25.6. The van der Waals surface area contributed by atoms with E-state index in [2.05, 4.69) is 56.8 Å². The molecular weight excluding hydrogens is 536 g/mol. The first-order valence-corrected chi connectivity index (χ1v) is 15.6. The predicted octanol–water partition coefficient (Wildman–Crippen LogP) is 5.21. The maximum Gasteiger partial charge on any atom is 0.251 e. The number of hydrogen-bond donors (Lipinski definition) is 4.